The monoisotopic (exact) mass is 420 g/mol. The Balaban J connectivity index is 1.50. The standard InChI is InChI=1S/C25H29FN4O/c1-25(2,19-11-12-21(22(26)15-19)18-9-5-3-6-10-18)23-16-20(29-31-23)17-28-24(27)30-13-7-4-8-14-30/h3,5-6,9-12,15-16H,4,7-8,13-14,17H2,1-2H3,(H2,27,28). The van der Waals surface area contributed by atoms with E-state index in [1.165, 1.54) is 6.42 Å². The molecule has 1 aliphatic heterocycles. The maximum absolute atomic E-state index is 14.9. The molecule has 0 amide bonds. The Morgan fingerprint density at radius 2 is 1.84 bits per heavy atom. The van der Waals surface area contributed by atoms with Gasteiger partial charge in [-0.2, -0.15) is 0 Å². The molecule has 0 unspecified atom stereocenters. The first-order valence-electron chi connectivity index (χ1n) is 10.8. The summed E-state index contributed by atoms with van der Waals surface area (Å²) in [5, 5.41) is 4.16. The van der Waals surface area contributed by atoms with Crippen molar-refractivity contribution in [3.63, 3.8) is 0 Å². The van der Waals surface area contributed by atoms with Crippen LogP contribution in [0, 0.1) is 5.82 Å². The number of aromatic nitrogens is 1. The van der Waals surface area contributed by atoms with Gasteiger partial charge in [0.15, 0.2) is 5.96 Å². The molecule has 2 heterocycles. The van der Waals surface area contributed by atoms with Gasteiger partial charge < -0.3 is 15.2 Å². The van der Waals surface area contributed by atoms with Crippen LogP contribution >= 0.6 is 0 Å². The van der Waals surface area contributed by atoms with E-state index in [4.69, 9.17) is 10.3 Å². The molecule has 3 aromatic rings. The number of hydrogen-bond acceptors (Lipinski definition) is 3. The van der Waals surface area contributed by atoms with Crippen LogP contribution in [-0.4, -0.2) is 29.1 Å². The molecule has 0 radical (unpaired) electrons. The lowest BCUT2D eigenvalue weighted by Gasteiger charge is -2.27. The molecule has 31 heavy (non-hydrogen) atoms. The van der Waals surface area contributed by atoms with E-state index < -0.39 is 5.41 Å². The van der Waals surface area contributed by atoms with E-state index in [0.717, 1.165) is 37.1 Å². The number of likely N-dealkylation sites (tertiary alicyclic amines) is 1. The number of piperidine rings is 1. The van der Waals surface area contributed by atoms with Crippen LogP contribution in [0.2, 0.25) is 0 Å². The fraction of sp³-hybridized carbons (Fsp3) is 0.360. The van der Waals surface area contributed by atoms with Crippen molar-refractivity contribution in [3.8, 4) is 11.1 Å². The molecule has 2 aromatic carbocycles. The number of guanidine groups is 1. The van der Waals surface area contributed by atoms with Crippen molar-refractivity contribution in [3.05, 3.63) is 77.4 Å². The second-order valence-corrected chi connectivity index (χ2v) is 8.59. The van der Waals surface area contributed by atoms with Crippen LogP contribution < -0.4 is 5.73 Å². The van der Waals surface area contributed by atoms with Crippen LogP contribution in [0.1, 0.15) is 50.1 Å². The summed E-state index contributed by atoms with van der Waals surface area (Å²) in [6, 6.07) is 16.8. The fourth-order valence-electron chi connectivity index (χ4n) is 3.96. The number of rotatable bonds is 5. The maximum atomic E-state index is 14.9. The Morgan fingerprint density at radius 1 is 1.10 bits per heavy atom. The predicted octanol–water partition coefficient (Wildman–Crippen LogP) is 5.11. The van der Waals surface area contributed by atoms with Crippen LogP contribution in [0.3, 0.4) is 0 Å². The highest BCUT2D eigenvalue weighted by atomic mass is 19.1. The number of hydrogen-bond donors (Lipinski definition) is 1. The highest BCUT2D eigenvalue weighted by Gasteiger charge is 2.29. The number of halogens is 1. The molecule has 0 atom stereocenters. The van der Waals surface area contributed by atoms with Gasteiger partial charge in [0.1, 0.15) is 17.3 Å². The van der Waals surface area contributed by atoms with E-state index in [9.17, 15) is 4.39 Å². The summed E-state index contributed by atoms with van der Waals surface area (Å²) in [6.07, 6.45) is 3.55. The van der Waals surface area contributed by atoms with Gasteiger partial charge in [-0.25, -0.2) is 9.38 Å². The minimum Gasteiger partial charge on any atom is -0.370 e. The zero-order valence-corrected chi connectivity index (χ0v) is 18.1. The molecule has 0 saturated carbocycles. The second kappa shape index (κ2) is 8.92. The summed E-state index contributed by atoms with van der Waals surface area (Å²) in [5.74, 6) is 0.971. The van der Waals surface area contributed by atoms with Crippen molar-refractivity contribution in [1.82, 2.24) is 10.1 Å². The molecule has 2 N–H and O–H groups in total. The third-order valence-corrected chi connectivity index (χ3v) is 6.03. The summed E-state index contributed by atoms with van der Waals surface area (Å²) < 4.78 is 20.5. The van der Waals surface area contributed by atoms with Crippen molar-refractivity contribution in [2.75, 3.05) is 13.1 Å². The van der Waals surface area contributed by atoms with Gasteiger partial charge in [-0.05, 0) is 50.3 Å². The molecule has 6 heteroatoms. The normalized spacial score (nSPS) is 15.3. The van der Waals surface area contributed by atoms with Gasteiger partial charge in [0.2, 0.25) is 0 Å². The summed E-state index contributed by atoms with van der Waals surface area (Å²) in [4.78, 5) is 6.60. The Morgan fingerprint density at radius 3 is 2.55 bits per heavy atom. The average Bonchev–Trinajstić information content (AvgIpc) is 3.28. The van der Waals surface area contributed by atoms with Crippen LogP contribution in [0.4, 0.5) is 4.39 Å². The van der Waals surface area contributed by atoms with Crippen LogP contribution in [0.5, 0.6) is 0 Å². The molecular weight excluding hydrogens is 391 g/mol. The SMILES string of the molecule is CC(C)(c1ccc(-c2ccccc2)c(F)c1)c1cc(C/N=C(\N)N2CCCCC2)no1. The quantitative estimate of drug-likeness (QED) is 0.460. The molecule has 4 rings (SSSR count). The zero-order chi connectivity index (χ0) is 21.8. The van der Waals surface area contributed by atoms with Gasteiger partial charge in [0, 0.05) is 24.7 Å². The largest absolute Gasteiger partial charge is 0.370 e. The molecule has 1 fully saturated rings. The van der Waals surface area contributed by atoms with E-state index in [1.54, 1.807) is 6.07 Å². The Kier molecular flexibility index (Phi) is 6.07. The lowest BCUT2D eigenvalue weighted by molar-refractivity contribution is 0.334. The molecule has 1 aliphatic rings. The van der Waals surface area contributed by atoms with Gasteiger partial charge in [0.05, 0.1) is 12.0 Å². The van der Waals surface area contributed by atoms with Crippen molar-refractivity contribution >= 4 is 5.96 Å². The van der Waals surface area contributed by atoms with Gasteiger partial charge in [0.25, 0.3) is 0 Å². The topological polar surface area (TPSA) is 67.7 Å². The minimum atomic E-state index is -0.538. The Hall–Kier alpha value is -3.15. The van der Waals surface area contributed by atoms with Crippen LogP contribution in [0.25, 0.3) is 11.1 Å². The first-order chi connectivity index (χ1) is 14.9. The molecule has 0 aliphatic carbocycles. The van der Waals surface area contributed by atoms with Crippen molar-refractivity contribution < 1.29 is 8.91 Å². The van der Waals surface area contributed by atoms with Gasteiger partial charge in [-0.1, -0.05) is 47.6 Å². The maximum Gasteiger partial charge on any atom is 0.191 e. The first kappa shape index (κ1) is 21.1. The number of aliphatic imine (C=N–C) groups is 1. The molecule has 0 bridgehead atoms. The summed E-state index contributed by atoms with van der Waals surface area (Å²) in [7, 11) is 0. The van der Waals surface area contributed by atoms with E-state index >= 15 is 0 Å². The van der Waals surface area contributed by atoms with Gasteiger partial charge in [-0.3, -0.25) is 0 Å². The first-order valence-corrected chi connectivity index (χ1v) is 10.8. The van der Waals surface area contributed by atoms with Gasteiger partial charge >= 0.3 is 0 Å². The Bertz CT molecular complexity index is 1050. The fourth-order valence-corrected chi connectivity index (χ4v) is 3.96. The predicted molar refractivity (Wildman–Crippen MR) is 121 cm³/mol. The van der Waals surface area contributed by atoms with Crippen molar-refractivity contribution in [2.24, 2.45) is 10.7 Å². The van der Waals surface area contributed by atoms with Crippen LogP contribution in [-0.2, 0) is 12.0 Å². The third-order valence-electron chi connectivity index (χ3n) is 6.03. The third kappa shape index (κ3) is 4.63. The van der Waals surface area contributed by atoms with Crippen molar-refractivity contribution in [2.45, 2.75) is 45.1 Å². The van der Waals surface area contributed by atoms with Crippen LogP contribution in [0.15, 0.2) is 64.1 Å². The number of nitrogens with two attached hydrogens (primary N) is 1. The van der Waals surface area contributed by atoms with E-state index in [0.29, 0.717) is 29.5 Å². The molecule has 1 aromatic heterocycles. The molecule has 1 saturated heterocycles. The number of nitrogens with zero attached hydrogens (tertiary/aromatic N) is 3. The number of benzene rings is 2. The van der Waals surface area contributed by atoms with E-state index in [2.05, 4.69) is 15.0 Å². The molecule has 0 spiro atoms. The minimum absolute atomic E-state index is 0.254. The summed E-state index contributed by atoms with van der Waals surface area (Å²) >= 11 is 0. The lowest BCUT2D eigenvalue weighted by Crippen LogP contribution is -2.40. The smallest absolute Gasteiger partial charge is 0.191 e. The zero-order valence-electron chi connectivity index (χ0n) is 18.1. The molecule has 162 valence electrons. The summed E-state index contributed by atoms with van der Waals surface area (Å²) in [5.41, 5.74) is 8.57. The Labute approximate surface area is 182 Å². The highest BCUT2D eigenvalue weighted by molar-refractivity contribution is 5.78. The lowest BCUT2D eigenvalue weighted by atomic mass is 9.81. The van der Waals surface area contributed by atoms with Gasteiger partial charge in [-0.15, -0.1) is 0 Å². The highest BCUT2D eigenvalue weighted by Crippen LogP contribution is 2.34. The molecule has 5 nitrogen and oxygen atoms in total. The molecular formula is C25H29FN4O. The van der Waals surface area contributed by atoms with E-state index in [-0.39, 0.29) is 5.82 Å². The second-order valence-electron chi connectivity index (χ2n) is 8.59. The average molecular weight is 421 g/mol. The van der Waals surface area contributed by atoms with E-state index in [1.807, 2.05) is 62.4 Å². The van der Waals surface area contributed by atoms with Crippen molar-refractivity contribution in [1.29, 1.82) is 0 Å². The summed E-state index contributed by atoms with van der Waals surface area (Å²) in [6.45, 7) is 6.27.